The van der Waals surface area contributed by atoms with Gasteiger partial charge in [-0.2, -0.15) is 0 Å². The van der Waals surface area contributed by atoms with Gasteiger partial charge in [0.25, 0.3) is 5.91 Å². The maximum absolute atomic E-state index is 13.9. The molecule has 1 fully saturated rings. The van der Waals surface area contributed by atoms with Crippen LogP contribution in [0, 0.1) is 5.82 Å². The second-order valence-corrected chi connectivity index (χ2v) is 5.81. The number of nitrogens with zero attached hydrogens (tertiary/aromatic N) is 1. The minimum absolute atomic E-state index is 0.0519. The lowest BCUT2D eigenvalue weighted by molar-refractivity contribution is -0.121. The van der Waals surface area contributed by atoms with Crippen molar-refractivity contribution in [3.8, 4) is 0 Å². The number of amides is 2. The zero-order chi connectivity index (χ0) is 16.6. The Morgan fingerprint density at radius 3 is 2.57 bits per heavy atom. The molecule has 2 aromatic rings. The summed E-state index contributed by atoms with van der Waals surface area (Å²) < 4.78 is 13.9. The molecule has 3 rings (SSSR count). The summed E-state index contributed by atoms with van der Waals surface area (Å²) in [7, 11) is 0. The van der Waals surface area contributed by atoms with Gasteiger partial charge in [-0.15, -0.1) is 0 Å². The van der Waals surface area contributed by atoms with Gasteiger partial charge in [-0.25, -0.2) is 9.29 Å². The first-order valence-electron chi connectivity index (χ1n) is 6.81. The van der Waals surface area contributed by atoms with Gasteiger partial charge >= 0.3 is 0 Å². The number of rotatable bonds is 3. The van der Waals surface area contributed by atoms with Crippen molar-refractivity contribution in [2.24, 2.45) is 0 Å². The van der Waals surface area contributed by atoms with Crippen molar-refractivity contribution in [2.75, 3.05) is 10.2 Å². The molecule has 1 heterocycles. The molecular formula is C16H11Cl2FN2O2. The molecule has 4 nitrogen and oxygen atoms in total. The minimum Gasteiger partial charge on any atom is -0.372 e. The molecule has 0 aromatic heterocycles. The Morgan fingerprint density at radius 2 is 1.83 bits per heavy atom. The highest BCUT2D eigenvalue weighted by atomic mass is 35.5. The maximum atomic E-state index is 13.9. The predicted molar refractivity (Wildman–Crippen MR) is 87.4 cm³/mol. The summed E-state index contributed by atoms with van der Waals surface area (Å²) in [5.41, 5.74) is 0.393. The molecule has 0 spiro atoms. The van der Waals surface area contributed by atoms with Crippen LogP contribution in [0.25, 0.3) is 0 Å². The highest BCUT2D eigenvalue weighted by molar-refractivity contribution is 6.43. The van der Waals surface area contributed by atoms with E-state index >= 15 is 0 Å². The summed E-state index contributed by atoms with van der Waals surface area (Å²) in [4.78, 5) is 25.5. The van der Waals surface area contributed by atoms with Crippen LogP contribution in [0.2, 0.25) is 10.0 Å². The molecule has 1 saturated heterocycles. The summed E-state index contributed by atoms with van der Waals surface area (Å²) >= 11 is 12.0. The van der Waals surface area contributed by atoms with Crippen LogP contribution in [0.5, 0.6) is 0 Å². The lowest BCUT2D eigenvalue weighted by Gasteiger charge is -2.17. The number of para-hydroxylation sites is 1. The van der Waals surface area contributed by atoms with Crippen molar-refractivity contribution in [2.45, 2.75) is 12.5 Å². The van der Waals surface area contributed by atoms with Gasteiger partial charge in [0.15, 0.2) is 0 Å². The number of halogens is 3. The Bertz CT molecular complexity index is 797. The lowest BCUT2D eigenvalue weighted by Crippen LogP contribution is -2.35. The Balaban J connectivity index is 1.87. The molecule has 1 N–H and O–H groups in total. The van der Waals surface area contributed by atoms with Crippen molar-refractivity contribution in [1.29, 1.82) is 0 Å². The van der Waals surface area contributed by atoms with Crippen LogP contribution in [0.1, 0.15) is 6.42 Å². The molecule has 1 atom stereocenters. The molecule has 2 amide bonds. The number of carbonyl (C=O) groups excluding carboxylic acids is 2. The number of carbonyl (C=O) groups is 2. The van der Waals surface area contributed by atoms with E-state index in [1.54, 1.807) is 24.3 Å². The van der Waals surface area contributed by atoms with E-state index in [2.05, 4.69) is 5.32 Å². The molecule has 0 radical (unpaired) electrons. The largest absolute Gasteiger partial charge is 0.372 e. The van der Waals surface area contributed by atoms with E-state index in [1.165, 1.54) is 18.2 Å². The molecule has 118 valence electrons. The van der Waals surface area contributed by atoms with Gasteiger partial charge in [-0.1, -0.05) is 41.4 Å². The molecule has 23 heavy (non-hydrogen) atoms. The molecule has 0 aliphatic carbocycles. The smallest absolute Gasteiger partial charge is 0.256 e. The van der Waals surface area contributed by atoms with Crippen LogP contribution in [0.3, 0.4) is 0 Å². The van der Waals surface area contributed by atoms with Crippen LogP contribution in [-0.2, 0) is 9.59 Å². The summed E-state index contributed by atoms with van der Waals surface area (Å²) in [6.45, 7) is 0. The monoisotopic (exact) mass is 352 g/mol. The van der Waals surface area contributed by atoms with Crippen LogP contribution in [0.15, 0.2) is 42.5 Å². The molecule has 2 aromatic carbocycles. The van der Waals surface area contributed by atoms with E-state index in [0.29, 0.717) is 10.7 Å². The first kappa shape index (κ1) is 15.8. The van der Waals surface area contributed by atoms with Crippen molar-refractivity contribution >= 4 is 46.4 Å². The quantitative estimate of drug-likeness (QED) is 0.852. The van der Waals surface area contributed by atoms with Crippen LogP contribution in [-0.4, -0.2) is 17.9 Å². The molecule has 0 unspecified atom stereocenters. The summed E-state index contributed by atoms with van der Waals surface area (Å²) in [6.07, 6.45) is -0.0873. The minimum atomic E-state index is -0.821. The lowest BCUT2D eigenvalue weighted by atomic mass is 10.2. The fraction of sp³-hybridized carbons (Fsp3) is 0.125. The summed E-state index contributed by atoms with van der Waals surface area (Å²) in [5, 5.41) is 3.49. The number of nitrogens with one attached hydrogen (secondary N) is 1. The fourth-order valence-electron chi connectivity index (χ4n) is 2.43. The Hall–Kier alpha value is -2.11. The van der Waals surface area contributed by atoms with E-state index in [-0.39, 0.29) is 17.1 Å². The first-order chi connectivity index (χ1) is 11.0. The molecule has 1 aliphatic heterocycles. The number of hydrogen-bond acceptors (Lipinski definition) is 3. The number of imide groups is 1. The van der Waals surface area contributed by atoms with Gasteiger partial charge < -0.3 is 5.32 Å². The Kier molecular flexibility index (Phi) is 4.24. The van der Waals surface area contributed by atoms with Crippen LogP contribution < -0.4 is 10.2 Å². The van der Waals surface area contributed by atoms with E-state index in [0.717, 1.165) is 4.90 Å². The van der Waals surface area contributed by atoms with E-state index in [9.17, 15) is 14.0 Å². The van der Waals surface area contributed by atoms with Gasteiger partial charge in [0.05, 0.1) is 27.8 Å². The van der Waals surface area contributed by atoms with Gasteiger partial charge in [0.1, 0.15) is 11.9 Å². The predicted octanol–water partition coefficient (Wildman–Crippen LogP) is 3.88. The van der Waals surface area contributed by atoms with Gasteiger partial charge in [-0.05, 0) is 24.3 Å². The third-order valence-electron chi connectivity index (χ3n) is 3.52. The average Bonchev–Trinajstić information content (AvgIpc) is 2.79. The van der Waals surface area contributed by atoms with Gasteiger partial charge in [-0.3, -0.25) is 9.59 Å². The third-order valence-corrected chi connectivity index (χ3v) is 4.34. The molecule has 7 heteroatoms. The normalized spacial score (nSPS) is 17.7. The van der Waals surface area contributed by atoms with Crippen LogP contribution in [0.4, 0.5) is 15.8 Å². The van der Waals surface area contributed by atoms with E-state index in [4.69, 9.17) is 23.2 Å². The van der Waals surface area contributed by atoms with Crippen molar-refractivity contribution in [3.05, 3.63) is 58.3 Å². The van der Waals surface area contributed by atoms with E-state index < -0.39 is 23.7 Å². The topological polar surface area (TPSA) is 49.4 Å². The molecule has 0 bridgehead atoms. The van der Waals surface area contributed by atoms with Crippen molar-refractivity contribution < 1.29 is 14.0 Å². The molecule has 1 aliphatic rings. The number of hydrogen-bond donors (Lipinski definition) is 1. The van der Waals surface area contributed by atoms with Gasteiger partial charge in [0, 0.05) is 0 Å². The highest BCUT2D eigenvalue weighted by Gasteiger charge is 2.40. The third kappa shape index (κ3) is 2.90. The number of benzene rings is 2. The van der Waals surface area contributed by atoms with Crippen LogP contribution >= 0.6 is 23.2 Å². The Labute approximate surface area is 141 Å². The maximum Gasteiger partial charge on any atom is 0.256 e. The summed E-state index contributed by atoms with van der Waals surface area (Å²) in [6, 6.07) is 9.76. The van der Waals surface area contributed by atoms with E-state index in [1.807, 2.05) is 0 Å². The SMILES string of the molecule is O=C1C[C@@H](Nc2cccc(Cl)c2Cl)C(=O)N1c1ccccc1F. The van der Waals surface area contributed by atoms with Crippen molar-refractivity contribution in [1.82, 2.24) is 0 Å². The number of anilines is 2. The second kappa shape index (κ2) is 6.18. The zero-order valence-corrected chi connectivity index (χ0v) is 13.2. The highest BCUT2D eigenvalue weighted by Crippen LogP contribution is 2.32. The summed E-state index contributed by atoms with van der Waals surface area (Å²) in [5.74, 6) is -1.64. The first-order valence-corrected chi connectivity index (χ1v) is 7.56. The molecular weight excluding hydrogens is 342 g/mol. The Morgan fingerprint density at radius 1 is 1.09 bits per heavy atom. The fourth-order valence-corrected chi connectivity index (χ4v) is 2.79. The molecule has 0 saturated carbocycles. The van der Waals surface area contributed by atoms with Crippen molar-refractivity contribution in [3.63, 3.8) is 0 Å². The standard InChI is InChI=1S/C16H11Cl2FN2O2/c17-9-4-3-6-11(15(9)18)20-12-8-14(22)21(16(12)23)13-7-2-1-5-10(13)19/h1-7,12,20H,8H2/t12-/m1/s1. The van der Waals surface area contributed by atoms with Gasteiger partial charge in [0.2, 0.25) is 5.91 Å². The average molecular weight is 353 g/mol. The zero-order valence-electron chi connectivity index (χ0n) is 11.7. The second-order valence-electron chi connectivity index (χ2n) is 5.02.